The summed E-state index contributed by atoms with van der Waals surface area (Å²) in [6, 6.07) is 16.4. The smallest absolute Gasteiger partial charge is 0.256 e. The fourth-order valence-corrected chi connectivity index (χ4v) is 4.26. The molecule has 1 fully saturated rings. The summed E-state index contributed by atoms with van der Waals surface area (Å²) in [5.74, 6) is -0.0240. The molecule has 3 aromatic rings. The Morgan fingerprint density at radius 2 is 1.74 bits per heavy atom. The van der Waals surface area contributed by atoms with Gasteiger partial charge in [0.15, 0.2) is 0 Å². The van der Waals surface area contributed by atoms with Crippen LogP contribution in [-0.2, 0) is 11.5 Å². The number of anilines is 1. The minimum Gasteiger partial charge on any atom is -0.333 e. The molecule has 0 spiro atoms. The minimum absolute atomic E-state index is 0.0240. The molecule has 1 amide bonds. The summed E-state index contributed by atoms with van der Waals surface area (Å²) >= 11 is 0. The number of benzene rings is 2. The van der Waals surface area contributed by atoms with E-state index in [0.29, 0.717) is 0 Å². The van der Waals surface area contributed by atoms with Gasteiger partial charge in [0.1, 0.15) is 0 Å². The van der Waals surface area contributed by atoms with E-state index in [9.17, 15) is 4.79 Å². The zero-order valence-electron chi connectivity index (χ0n) is 15.3. The van der Waals surface area contributed by atoms with Crippen LogP contribution in [0.3, 0.4) is 0 Å². The van der Waals surface area contributed by atoms with Gasteiger partial charge in [-0.05, 0) is 44.1 Å². The highest BCUT2D eigenvalue weighted by Crippen LogP contribution is 2.34. The van der Waals surface area contributed by atoms with E-state index in [1.165, 1.54) is 43.3 Å². The third-order valence-electron chi connectivity index (χ3n) is 5.63. The van der Waals surface area contributed by atoms with E-state index < -0.39 is 0 Å². The molecular weight excluding hydrogens is 334 g/mol. The molecule has 2 aliphatic heterocycles. The molecule has 1 saturated heterocycles. The Hall–Kier alpha value is -2.85. The van der Waals surface area contributed by atoms with Gasteiger partial charge in [0.25, 0.3) is 5.91 Å². The Kier molecular flexibility index (Phi) is 4.06. The molecule has 2 aromatic carbocycles. The maximum atomic E-state index is 12.5. The Labute approximate surface area is 159 Å². The van der Waals surface area contributed by atoms with Crippen molar-refractivity contribution < 1.29 is 4.79 Å². The molecule has 4 heteroatoms. The van der Waals surface area contributed by atoms with Crippen LogP contribution < -0.4 is 5.32 Å². The average Bonchev–Trinajstić information content (AvgIpc) is 3.21. The third-order valence-corrected chi connectivity index (χ3v) is 5.63. The first-order valence-electron chi connectivity index (χ1n) is 9.72. The highest BCUT2D eigenvalue weighted by molar-refractivity contribution is 6.35. The van der Waals surface area contributed by atoms with Gasteiger partial charge in [-0.1, -0.05) is 42.8 Å². The third kappa shape index (κ3) is 2.96. The van der Waals surface area contributed by atoms with E-state index in [2.05, 4.69) is 45.2 Å². The zero-order chi connectivity index (χ0) is 18.2. The van der Waals surface area contributed by atoms with Crippen LogP contribution in [0, 0.1) is 0 Å². The van der Waals surface area contributed by atoms with E-state index in [4.69, 9.17) is 0 Å². The molecule has 0 aliphatic carbocycles. The zero-order valence-corrected chi connectivity index (χ0v) is 15.3. The fraction of sp³-hybridized carbons (Fsp3) is 0.261. The number of fused-ring (bicyclic) bond motifs is 2. The van der Waals surface area contributed by atoms with Crippen molar-refractivity contribution >= 4 is 34.1 Å². The van der Waals surface area contributed by atoms with Crippen LogP contribution in [-0.4, -0.2) is 28.5 Å². The van der Waals surface area contributed by atoms with Crippen LogP contribution in [0.25, 0.3) is 22.6 Å². The Bertz CT molecular complexity index is 1040. The molecule has 5 rings (SSSR count). The lowest BCUT2D eigenvalue weighted by Gasteiger charge is -2.27. The number of nitrogens with zero attached hydrogens (tertiary/aromatic N) is 2. The number of carbonyl (C=O) groups is 1. The number of hydrogen-bond donors (Lipinski definition) is 1. The summed E-state index contributed by atoms with van der Waals surface area (Å²) < 4.78 is 2.33. The molecule has 0 unspecified atom stereocenters. The number of para-hydroxylation sites is 2. The van der Waals surface area contributed by atoms with E-state index in [0.717, 1.165) is 29.1 Å². The second-order valence-electron chi connectivity index (χ2n) is 7.45. The fourth-order valence-electron chi connectivity index (χ4n) is 4.26. The number of amides is 1. The highest BCUT2D eigenvalue weighted by Gasteiger charge is 2.24. The summed E-state index contributed by atoms with van der Waals surface area (Å²) in [5.41, 5.74) is 4.94. The standard InChI is InChI=1S/C23H23N3O/c27-23-20(19-9-2-4-10-21(19)24-23)14-17-15-26(16-25-12-6-1-7-13-25)22-11-5-3-8-18(17)22/h2-5,8-11,14-15H,1,6-7,12-13,16H2,(H,24,27)/b20-14+. The molecule has 1 N–H and O–H groups in total. The summed E-state index contributed by atoms with van der Waals surface area (Å²) in [5, 5.41) is 4.16. The number of likely N-dealkylation sites (tertiary alicyclic amines) is 1. The van der Waals surface area contributed by atoms with Crippen LogP contribution in [0.15, 0.2) is 54.7 Å². The number of nitrogens with one attached hydrogen (secondary N) is 1. The topological polar surface area (TPSA) is 37.3 Å². The molecule has 1 aromatic heterocycles. The van der Waals surface area contributed by atoms with Gasteiger partial charge in [-0.2, -0.15) is 0 Å². The first-order valence-corrected chi connectivity index (χ1v) is 9.72. The van der Waals surface area contributed by atoms with Crippen molar-refractivity contribution in [3.8, 4) is 0 Å². The number of hydrogen-bond acceptors (Lipinski definition) is 2. The molecular formula is C23H23N3O. The number of carbonyl (C=O) groups excluding carboxylic acids is 1. The summed E-state index contributed by atoms with van der Waals surface area (Å²) in [6.45, 7) is 3.24. The van der Waals surface area contributed by atoms with Gasteiger partial charge >= 0.3 is 0 Å². The van der Waals surface area contributed by atoms with Crippen molar-refractivity contribution in [2.45, 2.75) is 25.9 Å². The van der Waals surface area contributed by atoms with Crippen LogP contribution >= 0.6 is 0 Å². The van der Waals surface area contributed by atoms with Gasteiger partial charge < -0.3 is 9.88 Å². The Morgan fingerprint density at radius 1 is 0.963 bits per heavy atom. The predicted octanol–water partition coefficient (Wildman–Crippen LogP) is 4.58. The van der Waals surface area contributed by atoms with Gasteiger partial charge in [-0.25, -0.2) is 0 Å². The normalized spacial score (nSPS) is 18.8. The van der Waals surface area contributed by atoms with Crippen molar-refractivity contribution in [3.05, 3.63) is 65.9 Å². The number of piperidine rings is 1. The molecule has 0 saturated carbocycles. The summed E-state index contributed by atoms with van der Waals surface area (Å²) in [7, 11) is 0. The van der Waals surface area contributed by atoms with Gasteiger partial charge in [-0.15, -0.1) is 0 Å². The van der Waals surface area contributed by atoms with Crippen molar-refractivity contribution in [2.24, 2.45) is 0 Å². The lowest BCUT2D eigenvalue weighted by Crippen LogP contribution is -2.31. The average molecular weight is 357 g/mol. The van der Waals surface area contributed by atoms with Crippen LogP contribution in [0.2, 0.25) is 0 Å². The minimum atomic E-state index is -0.0240. The monoisotopic (exact) mass is 357 g/mol. The van der Waals surface area contributed by atoms with Gasteiger partial charge in [0.2, 0.25) is 0 Å². The van der Waals surface area contributed by atoms with Crippen LogP contribution in [0.4, 0.5) is 5.69 Å². The maximum Gasteiger partial charge on any atom is 0.256 e. The number of rotatable bonds is 3. The molecule has 27 heavy (non-hydrogen) atoms. The van der Waals surface area contributed by atoms with Crippen molar-refractivity contribution in [1.29, 1.82) is 0 Å². The number of aromatic nitrogens is 1. The molecule has 0 radical (unpaired) electrons. The van der Waals surface area contributed by atoms with Crippen LogP contribution in [0.5, 0.6) is 0 Å². The second-order valence-corrected chi connectivity index (χ2v) is 7.45. The van der Waals surface area contributed by atoms with Gasteiger partial charge in [0, 0.05) is 39.5 Å². The Morgan fingerprint density at radius 3 is 2.63 bits per heavy atom. The largest absolute Gasteiger partial charge is 0.333 e. The Balaban J connectivity index is 1.57. The maximum absolute atomic E-state index is 12.5. The predicted molar refractivity (Wildman–Crippen MR) is 110 cm³/mol. The summed E-state index contributed by atoms with van der Waals surface area (Å²) in [6.07, 6.45) is 8.14. The van der Waals surface area contributed by atoms with Crippen molar-refractivity contribution in [1.82, 2.24) is 9.47 Å². The first-order chi connectivity index (χ1) is 13.3. The lowest BCUT2D eigenvalue weighted by atomic mass is 10.0. The van der Waals surface area contributed by atoms with Crippen molar-refractivity contribution in [2.75, 3.05) is 18.4 Å². The molecule has 0 atom stereocenters. The first kappa shape index (κ1) is 16.3. The lowest BCUT2D eigenvalue weighted by molar-refractivity contribution is -0.110. The molecule has 0 bridgehead atoms. The van der Waals surface area contributed by atoms with E-state index >= 15 is 0 Å². The van der Waals surface area contributed by atoms with Gasteiger partial charge in [-0.3, -0.25) is 9.69 Å². The van der Waals surface area contributed by atoms with Gasteiger partial charge in [0.05, 0.1) is 6.67 Å². The molecule has 136 valence electrons. The van der Waals surface area contributed by atoms with E-state index in [1.54, 1.807) is 0 Å². The van der Waals surface area contributed by atoms with E-state index in [-0.39, 0.29) is 5.91 Å². The molecule has 3 heterocycles. The SMILES string of the molecule is O=C1Nc2ccccc2/C1=C\c1cn(CN2CCCCC2)c2ccccc12. The van der Waals surface area contributed by atoms with E-state index in [1.807, 2.05) is 30.3 Å². The van der Waals surface area contributed by atoms with Crippen LogP contribution in [0.1, 0.15) is 30.4 Å². The molecule has 4 nitrogen and oxygen atoms in total. The summed E-state index contributed by atoms with van der Waals surface area (Å²) in [4.78, 5) is 15.0. The second kappa shape index (κ2) is 6.71. The molecule has 2 aliphatic rings. The highest BCUT2D eigenvalue weighted by atomic mass is 16.2. The van der Waals surface area contributed by atoms with Crippen molar-refractivity contribution in [3.63, 3.8) is 0 Å². The quantitative estimate of drug-likeness (QED) is 0.697.